The number of aromatic nitrogens is 1. The third-order valence-corrected chi connectivity index (χ3v) is 4.12. The van der Waals surface area contributed by atoms with Gasteiger partial charge in [0.1, 0.15) is 0 Å². The Kier molecular flexibility index (Phi) is 4.84. The van der Waals surface area contributed by atoms with E-state index < -0.39 is 0 Å². The van der Waals surface area contributed by atoms with Crippen LogP contribution >= 0.6 is 11.6 Å². The SMILES string of the molecule is CCN1CCCC1CN(C)c1cnccc1CCl. The topological polar surface area (TPSA) is 19.4 Å². The predicted octanol–water partition coefficient (Wildman–Crippen LogP) is 2.74. The lowest BCUT2D eigenvalue weighted by Gasteiger charge is -2.29. The van der Waals surface area contributed by atoms with Crippen LogP contribution in [0.2, 0.25) is 0 Å². The normalized spacial score (nSPS) is 20.3. The summed E-state index contributed by atoms with van der Waals surface area (Å²) >= 11 is 5.98. The lowest BCUT2D eigenvalue weighted by Crippen LogP contribution is -2.39. The molecule has 0 aromatic carbocycles. The van der Waals surface area contributed by atoms with Gasteiger partial charge in [-0.2, -0.15) is 0 Å². The maximum absolute atomic E-state index is 5.98. The fraction of sp³-hybridized carbons (Fsp3) is 0.643. The second kappa shape index (κ2) is 6.39. The number of rotatable bonds is 5. The summed E-state index contributed by atoms with van der Waals surface area (Å²) in [6.45, 7) is 5.69. The smallest absolute Gasteiger partial charge is 0.0595 e. The second-order valence-electron chi connectivity index (χ2n) is 4.94. The minimum atomic E-state index is 0.546. The van der Waals surface area contributed by atoms with Crippen LogP contribution < -0.4 is 4.90 Å². The molecule has 0 radical (unpaired) electrons. The Morgan fingerprint density at radius 3 is 3.11 bits per heavy atom. The highest BCUT2D eigenvalue weighted by molar-refractivity contribution is 6.17. The molecule has 18 heavy (non-hydrogen) atoms. The number of anilines is 1. The van der Waals surface area contributed by atoms with Gasteiger partial charge in [-0.05, 0) is 37.6 Å². The Hall–Kier alpha value is -0.800. The Morgan fingerprint density at radius 2 is 2.39 bits per heavy atom. The number of hydrogen-bond donors (Lipinski definition) is 0. The molecule has 4 heteroatoms. The van der Waals surface area contributed by atoms with E-state index in [-0.39, 0.29) is 0 Å². The second-order valence-corrected chi connectivity index (χ2v) is 5.21. The van der Waals surface area contributed by atoms with Crippen LogP contribution in [-0.2, 0) is 5.88 Å². The fourth-order valence-corrected chi connectivity index (χ4v) is 3.03. The molecule has 1 aromatic rings. The third-order valence-electron chi connectivity index (χ3n) is 3.83. The number of nitrogens with zero attached hydrogens (tertiary/aromatic N) is 3. The van der Waals surface area contributed by atoms with E-state index in [0.29, 0.717) is 11.9 Å². The van der Waals surface area contributed by atoms with Gasteiger partial charge in [0.15, 0.2) is 0 Å². The first-order valence-electron chi connectivity index (χ1n) is 6.70. The van der Waals surface area contributed by atoms with Gasteiger partial charge in [0, 0.05) is 31.7 Å². The van der Waals surface area contributed by atoms with Gasteiger partial charge in [-0.3, -0.25) is 9.88 Å². The molecule has 2 heterocycles. The monoisotopic (exact) mass is 267 g/mol. The van der Waals surface area contributed by atoms with Gasteiger partial charge in [0.05, 0.1) is 11.9 Å². The third kappa shape index (κ3) is 2.96. The van der Waals surface area contributed by atoms with Gasteiger partial charge in [0.2, 0.25) is 0 Å². The lowest BCUT2D eigenvalue weighted by molar-refractivity contribution is 0.270. The molecular weight excluding hydrogens is 246 g/mol. The van der Waals surface area contributed by atoms with Crippen molar-refractivity contribution < 1.29 is 0 Å². The largest absolute Gasteiger partial charge is 0.372 e. The average Bonchev–Trinajstić information content (AvgIpc) is 2.85. The van der Waals surface area contributed by atoms with Crippen molar-refractivity contribution in [3.05, 3.63) is 24.0 Å². The zero-order chi connectivity index (χ0) is 13.0. The standard InChI is InChI=1S/C14H22ClN3/c1-3-18-8-4-5-13(18)11-17(2)14-10-16-7-6-12(14)9-15/h6-7,10,13H,3-5,8-9,11H2,1-2H3. The minimum absolute atomic E-state index is 0.546. The summed E-state index contributed by atoms with van der Waals surface area (Å²) in [6, 6.07) is 2.67. The lowest BCUT2D eigenvalue weighted by atomic mass is 10.2. The van der Waals surface area contributed by atoms with E-state index in [2.05, 4.69) is 28.8 Å². The zero-order valence-corrected chi connectivity index (χ0v) is 12.0. The van der Waals surface area contributed by atoms with Crippen molar-refractivity contribution in [2.75, 3.05) is 31.6 Å². The summed E-state index contributed by atoms with van der Waals surface area (Å²) in [6.07, 6.45) is 6.35. The molecule has 100 valence electrons. The molecular formula is C14H22ClN3. The number of likely N-dealkylation sites (N-methyl/N-ethyl adjacent to an activating group) is 2. The van der Waals surface area contributed by atoms with Crippen molar-refractivity contribution in [1.82, 2.24) is 9.88 Å². The Labute approximate surface area is 115 Å². The molecule has 3 nitrogen and oxygen atoms in total. The first-order chi connectivity index (χ1) is 8.76. The summed E-state index contributed by atoms with van der Waals surface area (Å²) in [5, 5.41) is 0. The van der Waals surface area contributed by atoms with Crippen molar-refractivity contribution in [2.24, 2.45) is 0 Å². The first-order valence-corrected chi connectivity index (χ1v) is 7.23. The van der Waals surface area contributed by atoms with Crippen molar-refractivity contribution in [1.29, 1.82) is 0 Å². The van der Waals surface area contributed by atoms with Crippen molar-refractivity contribution >= 4 is 17.3 Å². The van der Waals surface area contributed by atoms with E-state index in [1.807, 2.05) is 18.5 Å². The molecule has 1 saturated heterocycles. The van der Waals surface area contributed by atoms with Crippen molar-refractivity contribution in [3.8, 4) is 0 Å². The van der Waals surface area contributed by atoms with Gasteiger partial charge in [-0.15, -0.1) is 11.6 Å². The van der Waals surface area contributed by atoms with Gasteiger partial charge in [-0.25, -0.2) is 0 Å². The fourth-order valence-electron chi connectivity index (χ4n) is 2.80. The number of hydrogen-bond acceptors (Lipinski definition) is 3. The average molecular weight is 268 g/mol. The predicted molar refractivity (Wildman–Crippen MR) is 77.3 cm³/mol. The first kappa shape index (κ1) is 13.6. The maximum atomic E-state index is 5.98. The van der Waals surface area contributed by atoms with Crippen LogP contribution in [0.25, 0.3) is 0 Å². The molecule has 0 N–H and O–H groups in total. The maximum Gasteiger partial charge on any atom is 0.0595 e. The van der Waals surface area contributed by atoms with Gasteiger partial charge >= 0.3 is 0 Å². The highest BCUT2D eigenvalue weighted by Gasteiger charge is 2.24. The van der Waals surface area contributed by atoms with E-state index in [1.165, 1.54) is 19.4 Å². The Balaban J connectivity index is 2.05. The highest BCUT2D eigenvalue weighted by Crippen LogP contribution is 2.23. The van der Waals surface area contributed by atoms with E-state index in [1.54, 1.807) is 0 Å². The molecule has 2 rings (SSSR count). The van der Waals surface area contributed by atoms with Crippen molar-refractivity contribution in [2.45, 2.75) is 31.7 Å². The molecule has 0 saturated carbocycles. The highest BCUT2D eigenvalue weighted by atomic mass is 35.5. The summed E-state index contributed by atoms with van der Waals surface area (Å²) in [5.74, 6) is 0.546. The minimum Gasteiger partial charge on any atom is -0.372 e. The van der Waals surface area contributed by atoms with E-state index in [4.69, 9.17) is 11.6 Å². The summed E-state index contributed by atoms with van der Waals surface area (Å²) < 4.78 is 0. The molecule has 1 aromatic heterocycles. The summed E-state index contributed by atoms with van der Waals surface area (Å²) in [5.41, 5.74) is 2.32. The van der Waals surface area contributed by atoms with Crippen molar-refractivity contribution in [3.63, 3.8) is 0 Å². The molecule has 0 amide bonds. The molecule has 1 aliphatic rings. The van der Waals surface area contributed by atoms with E-state index >= 15 is 0 Å². The molecule has 1 atom stereocenters. The van der Waals surface area contributed by atoms with Crippen LogP contribution in [0.1, 0.15) is 25.3 Å². The number of halogens is 1. The van der Waals surface area contributed by atoms with Crippen LogP contribution in [0.15, 0.2) is 18.5 Å². The van der Waals surface area contributed by atoms with E-state index in [0.717, 1.165) is 24.3 Å². The Bertz CT molecular complexity index is 383. The molecule has 0 spiro atoms. The van der Waals surface area contributed by atoms with Crippen LogP contribution in [-0.4, -0.2) is 42.6 Å². The van der Waals surface area contributed by atoms with Crippen LogP contribution in [0, 0.1) is 0 Å². The zero-order valence-electron chi connectivity index (χ0n) is 11.3. The molecule has 1 aliphatic heterocycles. The number of alkyl halides is 1. The molecule has 0 bridgehead atoms. The Morgan fingerprint density at radius 1 is 1.56 bits per heavy atom. The van der Waals surface area contributed by atoms with Gasteiger partial charge in [0.25, 0.3) is 0 Å². The van der Waals surface area contributed by atoms with Gasteiger partial charge in [-0.1, -0.05) is 6.92 Å². The van der Waals surface area contributed by atoms with Crippen LogP contribution in [0.3, 0.4) is 0 Å². The summed E-state index contributed by atoms with van der Waals surface area (Å²) in [7, 11) is 2.14. The molecule has 1 fully saturated rings. The van der Waals surface area contributed by atoms with Gasteiger partial charge < -0.3 is 4.90 Å². The van der Waals surface area contributed by atoms with Crippen LogP contribution in [0.5, 0.6) is 0 Å². The van der Waals surface area contributed by atoms with Crippen LogP contribution in [0.4, 0.5) is 5.69 Å². The molecule has 0 aliphatic carbocycles. The molecule has 1 unspecified atom stereocenters. The number of pyridine rings is 1. The van der Waals surface area contributed by atoms with E-state index in [9.17, 15) is 0 Å². The quantitative estimate of drug-likeness (QED) is 0.765. The number of likely N-dealkylation sites (tertiary alicyclic amines) is 1. The summed E-state index contributed by atoms with van der Waals surface area (Å²) in [4.78, 5) is 9.07.